The van der Waals surface area contributed by atoms with Crippen molar-refractivity contribution < 1.29 is 14.3 Å². The van der Waals surface area contributed by atoms with Gasteiger partial charge in [0, 0.05) is 6.04 Å². The van der Waals surface area contributed by atoms with Gasteiger partial charge in [-0.1, -0.05) is 55.5 Å². The number of rotatable bonds is 5. The second-order valence-electron chi connectivity index (χ2n) is 7.38. The van der Waals surface area contributed by atoms with Crippen molar-refractivity contribution in [2.75, 3.05) is 4.90 Å². The molecule has 0 saturated heterocycles. The Hall–Kier alpha value is -2.79. The fourth-order valence-electron chi connectivity index (χ4n) is 3.78. The largest absolute Gasteiger partial charge is 0.457 e. The molecule has 1 N–H and O–H groups in total. The molecular formula is C23H23ClN2O3. The molecule has 1 aliphatic carbocycles. The van der Waals surface area contributed by atoms with Gasteiger partial charge in [-0.25, -0.2) is 4.90 Å². The number of imide groups is 1. The summed E-state index contributed by atoms with van der Waals surface area (Å²) >= 11 is 6.25. The smallest absolute Gasteiger partial charge is 0.283 e. The van der Waals surface area contributed by atoms with Gasteiger partial charge in [-0.15, -0.1) is 0 Å². The molecule has 0 radical (unpaired) electrons. The molecule has 5 nitrogen and oxygen atoms in total. The zero-order valence-electron chi connectivity index (χ0n) is 16.1. The average molecular weight is 411 g/mol. The van der Waals surface area contributed by atoms with Crippen LogP contribution in [0.5, 0.6) is 11.5 Å². The quantitative estimate of drug-likeness (QED) is 0.549. The first-order valence-corrected chi connectivity index (χ1v) is 10.4. The van der Waals surface area contributed by atoms with Gasteiger partial charge in [-0.3, -0.25) is 9.59 Å². The van der Waals surface area contributed by atoms with Crippen molar-refractivity contribution in [1.29, 1.82) is 0 Å². The Morgan fingerprint density at radius 2 is 1.45 bits per heavy atom. The Morgan fingerprint density at radius 1 is 0.828 bits per heavy atom. The number of hydrogen-bond acceptors (Lipinski definition) is 4. The van der Waals surface area contributed by atoms with Gasteiger partial charge in [-0.2, -0.15) is 0 Å². The van der Waals surface area contributed by atoms with Gasteiger partial charge in [0.2, 0.25) is 0 Å². The lowest BCUT2D eigenvalue weighted by Crippen LogP contribution is -2.36. The normalized spacial score (nSPS) is 18.2. The van der Waals surface area contributed by atoms with Gasteiger partial charge >= 0.3 is 0 Å². The molecule has 1 aliphatic heterocycles. The van der Waals surface area contributed by atoms with Crippen LogP contribution in [-0.2, 0) is 9.59 Å². The number of anilines is 1. The van der Waals surface area contributed by atoms with Crippen LogP contribution in [0.3, 0.4) is 0 Å². The van der Waals surface area contributed by atoms with E-state index in [0.717, 1.165) is 30.6 Å². The first-order chi connectivity index (χ1) is 14.1. The van der Waals surface area contributed by atoms with E-state index < -0.39 is 11.8 Å². The Kier molecular flexibility index (Phi) is 5.86. The van der Waals surface area contributed by atoms with E-state index in [-0.39, 0.29) is 16.8 Å². The van der Waals surface area contributed by atoms with E-state index in [1.807, 2.05) is 30.3 Å². The molecule has 0 atom stereocenters. The summed E-state index contributed by atoms with van der Waals surface area (Å²) < 4.78 is 5.77. The molecule has 2 aromatic carbocycles. The van der Waals surface area contributed by atoms with Gasteiger partial charge in [-0.05, 0) is 49.2 Å². The van der Waals surface area contributed by atoms with Gasteiger partial charge < -0.3 is 10.1 Å². The fraction of sp³-hybridized carbons (Fsp3) is 0.304. The number of halogens is 1. The summed E-state index contributed by atoms with van der Waals surface area (Å²) in [5.74, 6) is 0.438. The molecule has 1 heterocycles. The molecule has 0 unspecified atom stereocenters. The number of ether oxygens (including phenoxy) is 1. The lowest BCUT2D eigenvalue weighted by Gasteiger charge is -2.19. The molecule has 2 aliphatic rings. The number of para-hydroxylation sites is 1. The minimum atomic E-state index is -0.496. The van der Waals surface area contributed by atoms with Crippen molar-refractivity contribution >= 4 is 29.1 Å². The maximum Gasteiger partial charge on any atom is 0.283 e. The third-order valence-electron chi connectivity index (χ3n) is 5.30. The molecule has 150 valence electrons. The summed E-state index contributed by atoms with van der Waals surface area (Å²) in [4.78, 5) is 26.7. The van der Waals surface area contributed by atoms with Crippen LogP contribution in [0, 0.1) is 0 Å². The maximum absolute atomic E-state index is 12.9. The maximum atomic E-state index is 12.9. The highest BCUT2D eigenvalue weighted by Crippen LogP contribution is 2.31. The third-order valence-corrected chi connectivity index (χ3v) is 5.66. The number of amides is 2. The number of carbonyl (C=O) groups excluding carboxylic acids is 2. The highest BCUT2D eigenvalue weighted by Gasteiger charge is 2.39. The second kappa shape index (κ2) is 8.70. The van der Waals surface area contributed by atoms with Gasteiger partial charge in [0.15, 0.2) is 0 Å². The Bertz CT molecular complexity index is 917. The Balaban J connectivity index is 1.47. The van der Waals surface area contributed by atoms with Crippen molar-refractivity contribution in [3.63, 3.8) is 0 Å². The van der Waals surface area contributed by atoms with E-state index in [1.165, 1.54) is 12.8 Å². The number of carbonyl (C=O) groups is 2. The number of nitrogens with one attached hydrogen (secondary N) is 1. The summed E-state index contributed by atoms with van der Waals surface area (Å²) in [5, 5.41) is 3.20. The summed E-state index contributed by atoms with van der Waals surface area (Å²) in [5.41, 5.74) is 0.685. The second-order valence-corrected chi connectivity index (χ2v) is 7.75. The van der Waals surface area contributed by atoms with Crippen LogP contribution in [0.4, 0.5) is 5.69 Å². The lowest BCUT2D eigenvalue weighted by molar-refractivity contribution is -0.120. The van der Waals surface area contributed by atoms with Crippen molar-refractivity contribution in [1.82, 2.24) is 5.32 Å². The molecule has 0 aromatic heterocycles. The molecule has 2 amide bonds. The minimum absolute atomic E-state index is 0.0381. The van der Waals surface area contributed by atoms with E-state index in [4.69, 9.17) is 16.3 Å². The molecule has 4 rings (SSSR count). The van der Waals surface area contributed by atoms with E-state index in [2.05, 4.69) is 5.32 Å². The van der Waals surface area contributed by atoms with Crippen molar-refractivity contribution in [3.05, 3.63) is 65.3 Å². The molecule has 0 bridgehead atoms. The molecular weight excluding hydrogens is 388 g/mol. The van der Waals surface area contributed by atoms with Gasteiger partial charge in [0.1, 0.15) is 22.2 Å². The first kappa shape index (κ1) is 19.5. The number of nitrogens with zero attached hydrogens (tertiary/aromatic N) is 1. The molecule has 0 spiro atoms. The average Bonchev–Trinajstić information content (AvgIpc) is 2.93. The molecule has 29 heavy (non-hydrogen) atoms. The van der Waals surface area contributed by atoms with Crippen LogP contribution in [0.15, 0.2) is 65.3 Å². The molecule has 6 heteroatoms. The minimum Gasteiger partial charge on any atom is -0.457 e. The Labute approximate surface area is 175 Å². The first-order valence-electron chi connectivity index (χ1n) is 10.0. The van der Waals surface area contributed by atoms with Gasteiger partial charge in [0.05, 0.1) is 5.69 Å². The molecule has 1 fully saturated rings. The monoisotopic (exact) mass is 410 g/mol. The van der Waals surface area contributed by atoms with Crippen LogP contribution < -0.4 is 15.0 Å². The van der Waals surface area contributed by atoms with Crippen LogP contribution in [0.25, 0.3) is 0 Å². The summed E-state index contributed by atoms with van der Waals surface area (Å²) in [6, 6.07) is 16.4. The van der Waals surface area contributed by atoms with Gasteiger partial charge in [0.25, 0.3) is 11.8 Å². The standard InChI is InChI=1S/C23H23ClN2O3/c24-20-21(25-16-8-4-1-2-5-9-16)23(28)26(22(20)27)17-12-14-19(15-13-17)29-18-10-6-3-7-11-18/h3,6-7,10-16,25H,1-2,4-5,8-9H2. The highest BCUT2D eigenvalue weighted by atomic mass is 35.5. The van der Waals surface area contributed by atoms with E-state index in [0.29, 0.717) is 17.2 Å². The fourth-order valence-corrected chi connectivity index (χ4v) is 4.00. The third kappa shape index (κ3) is 4.30. The zero-order valence-corrected chi connectivity index (χ0v) is 16.8. The summed E-state index contributed by atoms with van der Waals surface area (Å²) in [6.07, 6.45) is 6.64. The number of hydrogen-bond donors (Lipinski definition) is 1. The molecule has 1 saturated carbocycles. The van der Waals surface area contributed by atoms with E-state index in [9.17, 15) is 9.59 Å². The SMILES string of the molecule is O=C1C(Cl)=C(NC2CCCCCC2)C(=O)N1c1ccc(Oc2ccccc2)cc1. The van der Waals surface area contributed by atoms with Crippen molar-refractivity contribution in [3.8, 4) is 11.5 Å². The topological polar surface area (TPSA) is 58.6 Å². The van der Waals surface area contributed by atoms with Crippen LogP contribution in [0.2, 0.25) is 0 Å². The van der Waals surface area contributed by atoms with E-state index in [1.54, 1.807) is 24.3 Å². The Morgan fingerprint density at radius 3 is 2.10 bits per heavy atom. The van der Waals surface area contributed by atoms with Crippen molar-refractivity contribution in [2.24, 2.45) is 0 Å². The summed E-state index contributed by atoms with van der Waals surface area (Å²) in [6.45, 7) is 0. The number of benzene rings is 2. The van der Waals surface area contributed by atoms with Crippen molar-refractivity contribution in [2.45, 2.75) is 44.6 Å². The zero-order chi connectivity index (χ0) is 20.2. The van der Waals surface area contributed by atoms with Crippen LogP contribution >= 0.6 is 11.6 Å². The van der Waals surface area contributed by atoms with Crippen LogP contribution in [-0.4, -0.2) is 17.9 Å². The predicted molar refractivity (Wildman–Crippen MR) is 113 cm³/mol. The highest BCUT2D eigenvalue weighted by molar-refractivity contribution is 6.52. The van der Waals surface area contributed by atoms with E-state index >= 15 is 0 Å². The lowest BCUT2D eigenvalue weighted by atomic mass is 10.1. The predicted octanol–water partition coefficient (Wildman–Crippen LogP) is 5.11. The summed E-state index contributed by atoms with van der Waals surface area (Å²) in [7, 11) is 0. The molecule has 2 aromatic rings. The van der Waals surface area contributed by atoms with Crippen LogP contribution in [0.1, 0.15) is 38.5 Å².